The minimum Gasteiger partial charge on any atom is -0.497 e. The number of hydrogen-bond donors (Lipinski definition) is 1. The van der Waals surface area contributed by atoms with Crippen molar-refractivity contribution in [3.05, 3.63) is 29.8 Å². The van der Waals surface area contributed by atoms with Gasteiger partial charge in [0.15, 0.2) is 0 Å². The van der Waals surface area contributed by atoms with Crippen molar-refractivity contribution in [3.63, 3.8) is 0 Å². The summed E-state index contributed by atoms with van der Waals surface area (Å²) in [5.41, 5.74) is 1.17. The maximum Gasteiger partial charge on any atom is 0.237 e. The molecule has 1 aromatic carbocycles. The van der Waals surface area contributed by atoms with Crippen molar-refractivity contribution < 1.29 is 9.53 Å². The minimum atomic E-state index is 0.120. The lowest BCUT2D eigenvalue weighted by atomic mass is 10.0. The molecule has 3 rings (SSSR count). The minimum absolute atomic E-state index is 0.120. The normalized spacial score (nSPS) is 22.8. The summed E-state index contributed by atoms with van der Waals surface area (Å²) >= 11 is 0. The number of hydrogen-bond acceptors (Lipinski definition) is 4. The number of amides is 1. The lowest BCUT2D eigenvalue weighted by Crippen LogP contribution is -2.51. The molecular weight excluding hydrogens is 278 g/mol. The number of carbonyl (C=O) groups excluding carboxylic acids is 1. The zero-order chi connectivity index (χ0) is 15.4. The van der Waals surface area contributed by atoms with E-state index in [2.05, 4.69) is 22.3 Å². The van der Waals surface area contributed by atoms with Crippen LogP contribution < -0.4 is 10.1 Å². The third-order valence-electron chi connectivity index (χ3n) is 4.62. The molecule has 2 aliphatic rings. The Morgan fingerprint density at radius 1 is 1.23 bits per heavy atom. The number of nitrogens with zero attached hydrogens (tertiary/aromatic N) is 2. The molecule has 22 heavy (non-hydrogen) atoms. The Morgan fingerprint density at radius 3 is 2.64 bits per heavy atom. The van der Waals surface area contributed by atoms with Gasteiger partial charge in [-0.2, -0.15) is 0 Å². The van der Waals surface area contributed by atoms with Crippen molar-refractivity contribution >= 4 is 5.91 Å². The summed E-state index contributed by atoms with van der Waals surface area (Å²) in [5, 5.41) is 3.40. The molecule has 120 valence electrons. The Morgan fingerprint density at radius 2 is 1.95 bits per heavy atom. The van der Waals surface area contributed by atoms with Gasteiger partial charge in [-0.25, -0.2) is 0 Å². The third-order valence-corrected chi connectivity index (χ3v) is 4.62. The highest BCUT2D eigenvalue weighted by Crippen LogP contribution is 2.24. The van der Waals surface area contributed by atoms with Gasteiger partial charge < -0.3 is 15.0 Å². The number of nitrogens with one attached hydrogen (secondary N) is 1. The van der Waals surface area contributed by atoms with E-state index >= 15 is 0 Å². The van der Waals surface area contributed by atoms with Crippen LogP contribution in [-0.4, -0.2) is 62.1 Å². The molecule has 5 heteroatoms. The van der Waals surface area contributed by atoms with Gasteiger partial charge in [0.05, 0.1) is 19.7 Å². The number of carbonyl (C=O) groups is 1. The largest absolute Gasteiger partial charge is 0.497 e. The van der Waals surface area contributed by atoms with Crippen LogP contribution in [0.1, 0.15) is 24.4 Å². The first-order chi connectivity index (χ1) is 10.8. The van der Waals surface area contributed by atoms with Crippen LogP contribution in [-0.2, 0) is 4.79 Å². The summed E-state index contributed by atoms with van der Waals surface area (Å²) in [6, 6.07) is 8.18. The zero-order valence-electron chi connectivity index (χ0n) is 13.3. The first-order valence-electron chi connectivity index (χ1n) is 8.14. The van der Waals surface area contributed by atoms with Crippen LogP contribution in [0.25, 0.3) is 0 Å². The van der Waals surface area contributed by atoms with Gasteiger partial charge in [-0.3, -0.25) is 9.69 Å². The first kappa shape index (κ1) is 15.3. The number of rotatable bonds is 4. The summed E-state index contributed by atoms with van der Waals surface area (Å²) in [6.45, 7) is 5.16. The molecule has 1 N–H and O–H groups in total. The van der Waals surface area contributed by atoms with E-state index in [0.717, 1.165) is 38.5 Å². The molecule has 2 heterocycles. The second-order valence-corrected chi connectivity index (χ2v) is 6.06. The van der Waals surface area contributed by atoms with Gasteiger partial charge in [-0.1, -0.05) is 12.1 Å². The Hall–Kier alpha value is -1.59. The summed E-state index contributed by atoms with van der Waals surface area (Å²) in [4.78, 5) is 17.0. The van der Waals surface area contributed by atoms with Gasteiger partial charge in [0.25, 0.3) is 0 Å². The van der Waals surface area contributed by atoms with Gasteiger partial charge in [0.1, 0.15) is 5.75 Å². The molecule has 1 atom stereocenters. The van der Waals surface area contributed by atoms with Crippen LogP contribution >= 0.6 is 0 Å². The van der Waals surface area contributed by atoms with Crippen LogP contribution in [0.3, 0.4) is 0 Å². The highest BCUT2D eigenvalue weighted by molar-refractivity contribution is 5.79. The topological polar surface area (TPSA) is 44.8 Å². The molecule has 0 aromatic heterocycles. The van der Waals surface area contributed by atoms with Gasteiger partial charge >= 0.3 is 0 Å². The van der Waals surface area contributed by atoms with Crippen molar-refractivity contribution in [2.45, 2.75) is 18.9 Å². The van der Waals surface area contributed by atoms with Gasteiger partial charge in [-0.15, -0.1) is 0 Å². The summed E-state index contributed by atoms with van der Waals surface area (Å²) in [7, 11) is 1.67. The van der Waals surface area contributed by atoms with E-state index in [9.17, 15) is 4.79 Å². The number of likely N-dealkylation sites (tertiary alicyclic amines) is 1. The van der Waals surface area contributed by atoms with E-state index in [0.29, 0.717) is 6.54 Å². The molecule has 0 saturated carbocycles. The third kappa shape index (κ3) is 3.42. The van der Waals surface area contributed by atoms with Gasteiger partial charge in [0.2, 0.25) is 5.91 Å². The molecular formula is C17H25N3O2. The summed E-state index contributed by atoms with van der Waals surface area (Å²) in [6.07, 6.45) is 2.44. The Kier molecular flexibility index (Phi) is 4.95. The fraction of sp³-hybridized carbons (Fsp3) is 0.588. The molecule has 0 spiro atoms. The molecule has 1 aromatic rings. The average molecular weight is 303 g/mol. The smallest absolute Gasteiger partial charge is 0.237 e. The highest BCUT2D eigenvalue weighted by atomic mass is 16.5. The Balaban J connectivity index is 1.70. The van der Waals surface area contributed by atoms with E-state index in [4.69, 9.17) is 4.74 Å². The van der Waals surface area contributed by atoms with Gasteiger partial charge in [-0.05, 0) is 43.6 Å². The molecule has 2 fully saturated rings. The zero-order valence-corrected chi connectivity index (χ0v) is 13.3. The maximum absolute atomic E-state index is 12.7. The average Bonchev–Trinajstić information content (AvgIpc) is 3.08. The lowest BCUT2D eigenvalue weighted by Gasteiger charge is -2.37. The highest BCUT2D eigenvalue weighted by Gasteiger charge is 2.29. The lowest BCUT2D eigenvalue weighted by molar-refractivity contribution is -0.135. The molecule has 2 aliphatic heterocycles. The standard InChI is InChI=1S/C17H25N3O2/c1-22-15-6-4-14(5-7-15)16-12-18-8-11-20(16)17(21)13-19-9-2-3-10-19/h4-7,16,18H,2-3,8-13H2,1H3/t16-/m0/s1. The van der Waals surface area contributed by atoms with Crippen LogP contribution in [0, 0.1) is 0 Å². The predicted molar refractivity (Wildman–Crippen MR) is 86.0 cm³/mol. The fourth-order valence-corrected chi connectivity index (χ4v) is 3.35. The van der Waals surface area contributed by atoms with Crippen molar-refractivity contribution in [1.29, 1.82) is 0 Å². The van der Waals surface area contributed by atoms with Crippen LogP contribution in [0.15, 0.2) is 24.3 Å². The monoisotopic (exact) mass is 303 g/mol. The predicted octanol–water partition coefficient (Wildman–Crippen LogP) is 1.26. The summed E-state index contributed by atoms with van der Waals surface area (Å²) < 4.78 is 5.22. The van der Waals surface area contributed by atoms with E-state index in [1.54, 1.807) is 7.11 Å². The first-order valence-corrected chi connectivity index (χ1v) is 8.14. The van der Waals surface area contributed by atoms with Crippen LogP contribution in [0.5, 0.6) is 5.75 Å². The van der Waals surface area contributed by atoms with E-state index < -0.39 is 0 Å². The maximum atomic E-state index is 12.7. The second-order valence-electron chi connectivity index (χ2n) is 6.06. The molecule has 1 amide bonds. The number of piperazine rings is 1. The van der Waals surface area contributed by atoms with E-state index in [1.807, 2.05) is 17.0 Å². The van der Waals surface area contributed by atoms with E-state index in [1.165, 1.54) is 18.4 Å². The SMILES string of the molecule is COc1ccc([C@@H]2CNCCN2C(=O)CN2CCCC2)cc1. The van der Waals surface area contributed by atoms with Crippen LogP contribution in [0.4, 0.5) is 0 Å². The van der Waals surface area contributed by atoms with Crippen molar-refractivity contribution in [3.8, 4) is 5.75 Å². The molecule has 0 unspecified atom stereocenters. The van der Waals surface area contributed by atoms with Crippen molar-refractivity contribution in [2.24, 2.45) is 0 Å². The molecule has 5 nitrogen and oxygen atoms in total. The quantitative estimate of drug-likeness (QED) is 0.910. The number of ether oxygens (including phenoxy) is 1. The van der Waals surface area contributed by atoms with Crippen LogP contribution in [0.2, 0.25) is 0 Å². The number of methoxy groups -OCH3 is 1. The molecule has 2 saturated heterocycles. The van der Waals surface area contributed by atoms with Crippen molar-refractivity contribution in [2.75, 3.05) is 46.4 Å². The molecule has 0 radical (unpaired) electrons. The van der Waals surface area contributed by atoms with Crippen molar-refractivity contribution in [1.82, 2.24) is 15.1 Å². The fourth-order valence-electron chi connectivity index (χ4n) is 3.35. The molecule has 0 bridgehead atoms. The summed E-state index contributed by atoms with van der Waals surface area (Å²) in [5.74, 6) is 1.10. The van der Waals surface area contributed by atoms with E-state index in [-0.39, 0.29) is 11.9 Å². The Bertz CT molecular complexity index is 497. The van der Waals surface area contributed by atoms with Gasteiger partial charge in [0, 0.05) is 19.6 Å². The number of benzene rings is 1. The molecule has 0 aliphatic carbocycles. The Labute approximate surface area is 132 Å². The second kappa shape index (κ2) is 7.11.